The molecule has 0 fully saturated rings. The van der Waals surface area contributed by atoms with Crippen molar-refractivity contribution in [2.45, 2.75) is 20.4 Å². The minimum absolute atomic E-state index is 0.297. The topological polar surface area (TPSA) is 46.9 Å². The number of rotatable bonds is 3. The summed E-state index contributed by atoms with van der Waals surface area (Å²) in [6.45, 7) is 4.31. The van der Waals surface area contributed by atoms with Gasteiger partial charge in [-0.05, 0) is 31.5 Å². The van der Waals surface area contributed by atoms with Crippen molar-refractivity contribution in [1.82, 2.24) is 9.78 Å². The summed E-state index contributed by atoms with van der Waals surface area (Å²) in [5.41, 5.74) is 1.83. The van der Waals surface area contributed by atoms with Crippen LogP contribution in [0.25, 0.3) is 0 Å². The molecule has 0 aliphatic rings. The molecule has 1 amide bonds. The average molecular weight is 298 g/mol. The Bertz CT molecular complexity index is 622. The largest absolute Gasteiger partial charge is 0.320 e. The molecule has 0 aliphatic heterocycles. The first kappa shape index (κ1) is 13.9. The maximum atomic E-state index is 12.2. The fourth-order valence-electron chi connectivity index (χ4n) is 1.75. The number of aromatic nitrogens is 2. The Morgan fingerprint density at radius 1 is 1.37 bits per heavy atom. The molecule has 0 saturated carbocycles. The van der Waals surface area contributed by atoms with Crippen LogP contribution in [0.15, 0.2) is 24.4 Å². The SMILES string of the molecule is CCn1ncc(Cl)c1C(=O)Nc1cccc(Cl)c1C. The summed E-state index contributed by atoms with van der Waals surface area (Å²) in [6, 6.07) is 5.35. The van der Waals surface area contributed by atoms with E-state index in [-0.39, 0.29) is 5.91 Å². The molecule has 100 valence electrons. The van der Waals surface area contributed by atoms with Gasteiger partial charge in [-0.25, -0.2) is 0 Å². The van der Waals surface area contributed by atoms with E-state index in [1.807, 2.05) is 13.8 Å². The molecular weight excluding hydrogens is 285 g/mol. The van der Waals surface area contributed by atoms with E-state index in [0.717, 1.165) is 5.56 Å². The molecule has 6 heteroatoms. The van der Waals surface area contributed by atoms with E-state index in [4.69, 9.17) is 23.2 Å². The standard InChI is InChI=1S/C13H13Cl2N3O/c1-3-18-12(10(15)7-16-18)13(19)17-11-6-4-5-9(14)8(11)2/h4-7H,3H2,1-2H3,(H,17,19). The molecule has 1 N–H and O–H groups in total. The van der Waals surface area contributed by atoms with Gasteiger partial charge in [0.25, 0.3) is 5.91 Å². The fourth-order valence-corrected chi connectivity index (χ4v) is 2.15. The van der Waals surface area contributed by atoms with Crippen LogP contribution in [-0.4, -0.2) is 15.7 Å². The number of carbonyl (C=O) groups is 1. The van der Waals surface area contributed by atoms with E-state index < -0.39 is 0 Å². The van der Waals surface area contributed by atoms with Crippen LogP contribution >= 0.6 is 23.2 Å². The number of nitrogens with zero attached hydrogens (tertiary/aromatic N) is 2. The summed E-state index contributed by atoms with van der Waals surface area (Å²) in [5, 5.41) is 7.77. The van der Waals surface area contributed by atoms with Gasteiger partial charge in [-0.1, -0.05) is 29.3 Å². The summed E-state index contributed by atoms with van der Waals surface area (Å²) in [7, 11) is 0. The summed E-state index contributed by atoms with van der Waals surface area (Å²) in [4.78, 5) is 12.2. The van der Waals surface area contributed by atoms with Crippen molar-refractivity contribution in [1.29, 1.82) is 0 Å². The number of carbonyl (C=O) groups excluding carboxylic acids is 1. The van der Waals surface area contributed by atoms with Crippen molar-refractivity contribution in [3.05, 3.63) is 45.7 Å². The fraction of sp³-hybridized carbons (Fsp3) is 0.231. The molecule has 2 rings (SSSR count). The second-order valence-corrected chi connectivity index (χ2v) is 4.84. The first-order valence-electron chi connectivity index (χ1n) is 5.82. The molecule has 1 heterocycles. The van der Waals surface area contributed by atoms with Crippen LogP contribution in [0.3, 0.4) is 0 Å². The van der Waals surface area contributed by atoms with Gasteiger partial charge >= 0.3 is 0 Å². The summed E-state index contributed by atoms with van der Waals surface area (Å²) in [6.07, 6.45) is 1.46. The predicted molar refractivity (Wildman–Crippen MR) is 77.1 cm³/mol. The lowest BCUT2D eigenvalue weighted by atomic mass is 10.2. The number of halogens is 2. The molecule has 0 aliphatic carbocycles. The monoisotopic (exact) mass is 297 g/mol. The van der Waals surface area contributed by atoms with Gasteiger partial charge in [0.2, 0.25) is 0 Å². The molecule has 19 heavy (non-hydrogen) atoms. The quantitative estimate of drug-likeness (QED) is 0.937. The lowest BCUT2D eigenvalue weighted by molar-refractivity contribution is 0.101. The van der Waals surface area contributed by atoms with Crippen molar-refractivity contribution in [3.63, 3.8) is 0 Å². The molecule has 0 radical (unpaired) electrons. The second-order valence-electron chi connectivity index (χ2n) is 4.02. The van der Waals surface area contributed by atoms with Crippen molar-refractivity contribution in [3.8, 4) is 0 Å². The van der Waals surface area contributed by atoms with Gasteiger partial charge in [0.05, 0.1) is 11.2 Å². The molecule has 0 saturated heterocycles. The molecule has 4 nitrogen and oxygen atoms in total. The van der Waals surface area contributed by atoms with E-state index in [1.165, 1.54) is 6.20 Å². The van der Waals surface area contributed by atoms with E-state index in [2.05, 4.69) is 10.4 Å². The third kappa shape index (κ3) is 2.74. The smallest absolute Gasteiger partial charge is 0.275 e. The normalized spacial score (nSPS) is 10.5. The maximum Gasteiger partial charge on any atom is 0.275 e. The first-order valence-corrected chi connectivity index (χ1v) is 6.58. The lowest BCUT2D eigenvalue weighted by Crippen LogP contribution is -2.18. The number of hydrogen-bond donors (Lipinski definition) is 1. The number of aryl methyl sites for hydroxylation is 1. The molecule has 1 aromatic heterocycles. The molecule has 0 spiro atoms. The van der Waals surface area contributed by atoms with E-state index in [1.54, 1.807) is 22.9 Å². The van der Waals surface area contributed by atoms with Crippen LogP contribution in [0.2, 0.25) is 10.0 Å². The van der Waals surface area contributed by atoms with Crippen molar-refractivity contribution in [2.75, 3.05) is 5.32 Å². The third-order valence-electron chi connectivity index (χ3n) is 2.83. The Morgan fingerprint density at radius 3 is 2.79 bits per heavy atom. The third-order valence-corrected chi connectivity index (χ3v) is 3.51. The average Bonchev–Trinajstić information content (AvgIpc) is 2.76. The Labute approximate surface area is 121 Å². The van der Waals surface area contributed by atoms with Gasteiger partial charge in [0.1, 0.15) is 5.69 Å². The highest BCUT2D eigenvalue weighted by atomic mass is 35.5. The molecule has 0 atom stereocenters. The van der Waals surface area contributed by atoms with E-state index >= 15 is 0 Å². The zero-order chi connectivity index (χ0) is 14.0. The molecule has 0 bridgehead atoms. The number of hydrogen-bond acceptors (Lipinski definition) is 2. The zero-order valence-electron chi connectivity index (χ0n) is 10.6. The minimum atomic E-state index is -0.297. The number of amides is 1. The van der Waals surface area contributed by atoms with Crippen LogP contribution < -0.4 is 5.32 Å². The van der Waals surface area contributed by atoms with Gasteiger partial charge in [0, 0.05) is 17.3 Å². The number of benzene rings is 1. The van der Waals surface area contributed by atoms with E-state index in [0.29, 0.717) is 28.0 Å². The van der Waals surface area contributed by atoms with Crippen molar-refractivity contribution < 1.29 is 4.79 Å². The van der Waals surface area contributed by atoms with E-state index in [9.17, 15) is 4.79 Å². The highest BCUT2D eigenvalue weighted by Gasteiger charge is 2.17. The van der Waals surface area contributed by atoms with Crippen LogP contribution in [0.5, 0.6) is 0 Å². The minimum Gasteiger partial charge on any atom is -0.320 e. The Kier molecular flexibility index (Phi) is 4.12. The molecule has 0 unspecified atom stereocenters. The number of nitrogens with one attached hydrogen (secondary N) is 1. The Balaban J connectivity index is 2.31. The Morgan fingerprint density at radius 2 is 2.11 bits per heavy atom. The van der Waals surface area contributed by atoms with Crippen LogP contribution in [-0.2, 0) is 6.54 Å². The van der Waals surface area contributed by atoms with Gasteiger partial charge in [-0.3, -0.25) is 9.48 Å². The van der Waals surface area contributed by atoms with Gasteiger partial charge in [0.15, 0.2) is 0 Å². The Hall–Kier alpha value is -1.52. The first-order chi connectivity index (χ1) is 9.04. The molecular formula is C13H13Cl2N3O. The predicted octanol–water partition coefficient (Wildman–Crippen LogP) is 3.77. The van der Waals surface area contributed by atoms with Gasteiger partial charge in [-0.2, -0.15) is 5.10 Å². The summed E-state index contributed by atoms with van der Waals surface area (Å²) < 4.78 is 1.55. The second kappa shape index (κ2) is 5.63. The highest BCUT2D eigenvalue weighted by molar-refractivity contribution is 6.34. The van der Waals surface area contributed by atoms with Crippen LogP contribution in [0, 0.1) is 6.92 Å². The number of anilines is 1. The highest BCUT2D eigenvalue weighted by Crippen LogP contribution is 2.24. The maximum absolute atomic E-state index is 12.2. The zero-order valence-corrected chi connectivity index (χ0v) is 12.1. The van der Waals surface area contributed by atoms with Crippen LogP contribution in [0.1, 0.15) is 23.0 Å². The molecule has 1 aromatic carbocycles. The summed E-state index contributed by atoms with van der Waals surface area (Å²) >= 11 is 12.0. The van der Waals surface area contributed by atoms with Crippen molar-refractivity contribution >= 4 is 34.8 Å². The van der Waals surface area contributed by atoms with Gasteiger partial charge < -0.3 is 5.32 Å². The van der Waals surface area contributed by atoms with Crippen molar-refractivity contribution in [2.24, 2.45) is 0 Å². The summed E-state index contributed by atoms with van der Waals surface area (Å²) in [5.74, 6) is -0.297. The van der Waals surface area contributed by atoms with Crippen LogP contribution in [0.4, 0.5) is 5.69 Å². The molecule has 2 aromatic rings. The lowest BCUT2D eigenvalue weighted by Gasteiger charge is -2.10. The van der Waals surface area contributed by atoms with Gasteiger partial charge in [-0.15, -0.1) is 0 Å².